The van der Waals surface area contributed by atoms with E-state index in [9.17, 15) is 0 Å². The van der Waals surface area contributed by atoms with Crippen molar-refractivity contribution in [2.24, 2.45) is 0 Å². The highest BCUT2D eigenvalue weighted by Crippen LogP contribution is 2.36. The van der Waals surface area contributed by atoms with Crippen LogP contribution in [0.4, 0.5) is 11.6 Å². The fourth-order valence-corrected chi connectivity index (χ4v) is 3.75. The second kappa shape index (κ2) is 4.61. The molecule has 2 aliphatic heterocycles. The van der Waals surface area contributed by atoms with Crippen molar-refractivity contribution in [3.05, 3.63) is 36.8 Å². The van der Waals surface area contributed by atoms with Gasteiger partial charge in [0.15, 0.2) is 5.82 Å². The third-order valence-electron chi connectivity index (χ3n) is 4.79. The molecule has 0 spiro atoms. The van der Waals surface area contributed by atoms with Crippen molar-refractivity contribution in [3.8, 4) is 0 Å². The van der Waals surface area contributed by atoms with Gasteiger partial charge in [-0.1, -0.05) is 0 Å². The van der Waals surface area contributed by atoms with Crippen LogP contribution in [0.2, 0.25) is 0 Å². The Morgan fingerprint density at radius 2 is 1.96 bits per heavy atom. The molecule has 8 nitrogen and oxygen atoms in total. The van der Waals surface area contributed by atoms with Gasteiger partial charge in [0, 0.05) is 37.2 Å². The molecule has 2 bridgehead atoms. The molecule has 116 valence electrons. The van der Waals surface area contributed by atoms with Crippen molar-refractivity contribution in [2.45, 2.75) is 25.4 Å². The highest BCUT2D eigenvalue weighted by atomic mass is 15.4. The van der Waals surface area contributed by atoms with E-state index in [0.29, 0.717) is 12.1 Å². The van der Waals surface area contributed by atoms with Crippen molar-refractivity contribution in [2.75, 3.05) is 22.9 Å². The lowest BCUT2D eigenvalue weighted by atomic mass is 10.2. The van der Waals surface area contributed by atoms with E-state index in [0.717, 1.165) is 42.5 Å². The molecule has 0 aromatic carbocycles. The number of nitrogens with zero attached hydrogens (tertiary/aromatic N) is 8. The molecule has 2 aliphatic rings. The molecule has 2 unspecified atom stereocenters. The summed E-state index contributed by atoms with van der Waals surface area (Å²) in [4.78, 5) is 17.9. The molecule has 0 aliphatic carbocycles. The minimum Gasteiger partial charge on any atom is -0.350 e. The maximum Gasteiger partial charge on any atom is 0.203 e. The molecule has 2 atom stereocenters. The Morgan fingerprint density at radius 3 is 2.78 bits per heavy atom. The number of hydrogen-bond acceptors (Lipinski definition) is 7. The summed E-state index contributed by atoms with van der Waals surface area (Å²) in [6, 6.07) is 2.95. The molecule has 0 radical (unpaired) electrons. The van der Waals surface area contributed by atoms with E-state index in [1.54, 1.807) is 12.7 Å². The Bertz CT molecular complexity index is 875. The number of aryl methyl sites for hydroxylation is 1. The summed E-state index contributed by atoms with van der Waals surface area (Å²) in [6.45, 7) is 3.90. The van der Waals surface area contributed by atoms with Gasteiger partial charge in [0.25, 0.3) is 0 Å². The first kappa shape index (κ1) is 12.7. The van der Waals surface area contributed by atoms with Gasteiger partial charge in [-0.2, -0.15) is 0 Å². The summed E-state index contributed by atoms with van der Waals surface area (Å²) in [5.41, 5.74) is 1.83. The number of aromatic nitrogens is 6. The lowest BCUT2D eigenvalue weighted by Crippen LogP contribution is -2.47. The third kappa shape index (κ3) is 1.87. The van der Waals surface area contributed by atoms with Gasteiger partial charge in [-0.15, -0.1) is 10.2 Å². The van der Waals surface area contributed by atoms with Crippen molar-refractivity contribution in [1.29, 1.82) is 0 Å². The second-order valence-electron chi connectivity index (χ2n) is 6.18. The molecule has 3 aromatic rings. The van der Waals surface area contributed by atoms with E-state index in [4.69, 9.17) is 0 Å². The second-order valence-corrected chi connectivity index (χ2v) is 6.18. The summed E-state index contributed by atoms with van der Waals surface area (Å²) in [6.07, 6.45) is 8.17. The normalized spacial score (nSPS) is 23.2. The number of rotatable bonds is 2. The van der Waals surface area contributed by atoms with Gasteiger partial charge in [-0.05, 0) is 13.3 Å². The lowest BCUT2D eigenvalue weighted by Gasteiger charge is -2.35. The number of fused-ring (bicyclic) bond motifs is 3. The molecule has 8 heteroatoms. The van der Waals surface area contributed by atoms with E-state index in [2.05, 4.69) is 41.0 Å². The van der Waals surface area contributed by atoms with E-state index in [1.807, 2.05) is 23.7 Å². The van der Waals surface area contributed by atoms with Gasteiger partial charge in [-0.3, -0.25) is 4.40 Å². The zero-order valence-electron chi connectivity index (χ0n) is 12.7. The summed E-state index contributed by atoms with van der Waals surface area (Å²) >= 11 is 0. The molecule has 2 fully saturated rings. The van der Waals surface area contributed by atoms with Gasteiger partial charge < -0.3 is 9.80 Å². The van der Waals surface area contributed by atoms with E-state index < -0.39 is 0 Å². The highest BCUT2D eigenvalue weighted by Gasteiger charge is 2.45. The number of anilines is 2. The standard InChI is InChI=1S/C15H16N8/c1-10-4-13(18-8-17-10)22-6-12-5-11(22)7-23(12)14-15-20-19-9-21(15)3-2-16-14/h2-4,8-9,11-12H,5-7H2,1H3. The average Bonchev–Trinajstić information content (AvgIpc) is 3.28. The van der Waals surface area contributed by atoms with Gasteiger partial charge in [0.2, 0.25) is 5.65 Å². The molecule has 2 saturated heterocycles. The van der Waals surface area contributed by atoms with Gasteiger partial charge in [-0.25, -0.2) is 15.0 Å². The van der Waals surface area contributed by atoms with Crippen LogP contribution in [-0.2, 0) is 0 Å². The summed E-state index contributed by atoms with van der Waals surface area (Å²) in [5.74, 6) is 1.95. The zero-order chi connectivity index (χ0) is 15.4. The maximum absolute atomic E-state index is 4.55. The lowest BCUT2D eigenvalue weighted by molar-refractivity contribution is 0.634. The largest absolute Gasteiger partial charge is 0.350 e. The Hall–Kier alpha value is -2.77. The van der Waals surface area contributed by atoms with Crippen LogP contribution >= 0.6 is 0 Å². The van der Waals surface area contributed by atoms with Crippen LogP contribution in [-0.4, -0.2) is 54.7 Å². The third-order valence-corrected chi connectivity index (χ3v) is 4.79. The molecular weight excluding hydrogens is 292 g/mol. The molecule has 5 heterocycles. The first-order chi connectivity index (χ1) is 11.3. The van der Waals surface area contributed by atoms with E-state index >= 15 is 0 Å². The molecule has 3 aromatic heterocycles. The topological polar surface area (TPSA) is 75.3 Å². The first-order valence-electron chi connectivity index (χ1n) is 7.76. The fraction of sp³-hybridized carbons (Fsp3) is 0.400. The predicted octanol–water partition coefficient (Wildman–Crippen LogP) is 0.690. The van der Waals surface area contributed by atoms with Crippen LogP contribution in [0.25, 0.3) is 5.65 Å². The fourth-order valence-electron chi connectivity index (χ4n) is 3.75. The van der Waals surface area contributed by atoms with Gasteiger partial charge >= 0.3 is 0 Å². The molecular formula is C15H16N8. The summed E-state index contributed by atoms with van der Waals surface area (Å²) in [7, 11) is 0. The Kier molecular flexibility index (Phi) is 2.55. The molecule has 0 saturated carbocycles. The summed E-state index contributed by atoms with van der Waals surface area (Å²) in [5, 5.41) is 8.20. The highest BCUT2D eigenvalue weighted by molar-refractivity contribution is 5.66. The monoisotopic (exact) mass is 308 g/mol. The van der Waals surface area contributed by atoms with E-state index in [1.165, 1.54) is 0 Å². The van der Waals surface area contributed by atoms with E-state index in [-0.39, 0.29) is 0 Å². The average molecular weight is 308 g/mol. The minimum atomic E-state index is 0.436. The number of hydrogen-bond donors (Lipinski definition) is 0. The molecule has 5 rings (SSSR count). The Labute approximate surface area is 132 Å². The van der Waals surface area contributed by atoms with Crippen LogP contribution in [0.3, 0.4) is 0 Å². The van der Waals surface area contributed by atoms with Crippen molar-refractivity contribution in [1.82, 2.24) is 29.5 Å². The van der Waals surface area contributed by atoms with Gasteiger partial charge in [0.05, 0.1) is 12.1 Å². The van der Waals surface area contributed by atoms with Crippen LogP contribution in [0.15, 0.2) is 31.1 Å². The van der Waals surface area contributed by atoms with Crippen molar-refractivity contribution < 1.29 is 0 Å². The van der Waals surface area contributed by atoms with Crippen molar-refractivity contribution in [3.63, 3.8) is 0 Å². The number of piperazine rings is 1. The van der Waals surface area contributed by atoms with Crippen LogP contribution in [0.1, 0.15) is 12.1 Å². The first-order valence-corrected chi connectivity index (χ1v) is 7.76. The maximum atomic E-state index is 4.55. The van der Waals surface area contributed by atoms with Crippen LogP contribution in [0.5, 0.6) is 0 Å². The Balaban J connectivity index is 1.45. The quantitative estimate of drug-likeness (QED) is 0.689. The zero-order valence-corrected chi connectivity index (χ0v) is 12.7. The predicted molar refractivity (Wildman–Crippen MR) is 84.4 cm³/mol. The van der Waals surface area contributed by atoms with Gasteiger partial charge in [0.1, 0.15) is 18.5 Å². The minimum absolute atomic E-state index is 0.436. The smallest absolute Gasteiger partial charge is 0.203 e. The molecule has 0 N–H and O–H groups in total. The summed E-state index contributed by atoms with van der Waals surface area (Å²) < 4.78 is 1.92. The molecule has 0 amide bonds. The Morgan fingerprint density at radius 1 is 1.09 bits per heavy atom. The molecule has 23 heavy (non-hydrogen) atoms. The van der Waals surface area contributed by atoms with Crippen molar-refractivity contribution >= 4 is 17.3 Å². The van der Waals surface area contributed by atoms with Crippen LogP contribution in [0, 0.1) is 6.92 Å². The SMILES string of the molecule is Cc1cc(N2CC3CC2CN3c2nccn3cnnc23)ncn1. The van der Waals surface area contributed by atoms with Crippen LogP contribution < -0.4 is 9.80 Å².